The Hall–Kier alpha value is -1.05. The second kappa shape index (κ2) is 5.07. The Bertz CT molecular complexity index is 403. The van der Waals surface area contributed by atoms with Crippen LogP contribution in [0.25, 0.3) is 0 Å². The number of hydrogen-bond donors (Lipinski definition) is 2. The lowest BCUT2D eigenvalue weighted by molar-refractivity contribution is -0.124. The van der Waals surface area contributed by atoms with Crippen LogP contribution in [0.5, 0.6) is 0 Å². The van der Waals surface area contributed by atoms with Gasteiger partial charge in [0.05, 0.1) is 12.4 Å². The highest BCUT2D eigenvalue weighted by atomic mass is 79.9. The van der Waals surface area contributed by atoms with Gasteiger partial charge < -0.3 is 15.8 Å². The number of carbonyl (C=O) groups is 1. The molecule has 0 atom stereocenters. The van der Waals surface area contributed by atoms with E-state index in [-0.39, 0.29) is 5.91 Å². The molecule has 17 heavy (non-hydrogen) atoms. The van der Waals surface area contributed by atoms with E-state index in [2.05, 4.69) is 31.2 Å². The minimum atomic E-state index is -0.868. The molecule has 1 aromatic heterocycles. The van der Waals surface area contributed by atoms with E-state index in [0.717, 1.165) is 0 Å². The van der Waals surface area contributed by atoms with Crippen LogP contribution in [0.3, 0.4) is 0 Å². The Kier molecular flexibility index (Phi) is 3.70. The summed E-state index contributed by atoms with van der Waals surface area (Å²) in [6.45, 7) is 1.02. The molecule has 0 spiro atoms. The van der Waals surface area contributed by atoms with Crippen LogP contribution in [0.4, 0.5) is 5.82 Å². The zero-order valence-corrected chi connectivity index (χ0v) is 10.7. The van der Waals surface area contributed by atoms with Gasteiger partial charge in [0.25, 0.3) is 0 Å². The summed E-state index contributed by atoms with van der Waals surface area (Å²) in [7, 11) is 0. The highest BCUT2D eigenvalue weighted by molar-refractivity contribution is 9.10. The van der Waals surface area contributed by atoms with E-state index in [1.165, 1.54) is 12.4 Å². The Labute approximate surface area is 107 Å². The molecule has 1 aliphatic heterocycles. The molecule has 0 saturated carbocycles. The van der Waals surface area contributed by atoms with Crippen molar-refractivity contribution in [1.82, 2.24) is 9.97 Å². The molecule has 0 bridgehead atoms. The first-order valence-corrected chi connectivity index (χ1v) is 6.05. The second-order valence-corrected chi connectivity index (χ2v) is 4.76. The monoisotopic (exact) mass is 300 g/mol. The molecule has 0 aromatic carbocycles. The number of aromatic nitrogens is 2. The molecule has 0 radical (unpaired) electrons. The number of nitrogens with one attached hydrogen (secondary N) is 1. The minimum Gasteiger partial charge on any atom is -0.381 e. The Morgan fingerprint density at radius 1 is 1.41 bits per heavy atom. The third-order valence-electron chi connectivity index (χ3n) is 2.70. The van der Waals surface area contributed by atoms with Gasteiger partial charge >= 0.3 is 0 Å². The van der Waals surface area contributed by atoms with Gasteiger partial charge in [-0.25, -0.2) is 9.97 Å². The number of nitrogens with two attached hydrogens (primary N) is 1. The molecular formula is C10H13BrN4O2. The van der Waals surface area contributed by atoms with Crippen molar-refractivity contribution in [3.8, 4) is 0 Å². The predicted octanol–water partition coefficient (Wildman–Crippen LogP) is 0.685. The Morgan fingerprint density at radius 2 is 2.12 bits per heavy atom. The molecule has 1 aromatic rings. The van der Waals surface area contributed by atoms with Crippen LogP contribution in [0, 0.1) is 0 Å². The number of anilines is 1. The maximum Gasteiger partial charge on any atom is 0.245 e. The first-order valence-electron chi connectivity index (χ1n) is 5.26. The highest BCUT2D eigenvalue weighted by Crippen LogP contribution is 2.19. The second-order valence-electron chi connectivity index (χ2n) is 3.95. The van der Waals surface area contributed by atoms with E-state index in [1.807, 2.05) is 0 Å². The highest BCUT2D eigenvalue weighted by Gasteiger charge is 2.36. The van der Waals surface area contributed by atoms with Crippen LogP contribution in [0.1, 0.15) is 12.8 Å². The number of ether oxygens (including phenoxy) is 1. The molecule has 0 aliphatic carbocycles. The zero-order valence-electron chi connectivity index (χ0n) is 9.15. The van der Waals surface area contributed by atoms with Crippen LogP contribution in [-0.4, -0.2) is 34.6 Å². The average molecular weight is 301 g/mol. The van der Waals surface area contributed by atoms with E-state index in [0.29, 0.717) is 36.5 Å². The maximum absolute atomic E-state index is 12.0. The summed E-state index contributed by atoms with van der Waals surface area (Å²) in [4.78, 5) is 20.0. The quantitative estimate of drug-likeness (QED) is 0.838. The van der Waals surface area contributed by atoms with Crippen molar-refractivity contribution in [1.29, 1.82) is 0 Å². The predicted molar refractivity (Wildman–Crippen MR) is 65.3 cm³/mol. The van der Waals surface area contributed by atoms with Gasteiger partial charge in [0.1, 0.15) is 10.1 Å². The summed E-state index contributed by atoms with van der Waals surface area (Å²) < 4.78 is 5.80. The van der Waals surface area contributed by atoms with Crippen molar-refractivity contribution < 1.29 is 9.53 Å². The lowest BCUT2D eigenvalue weighted by Crippen LogP contribution is -2.54. The van der Waals surface area contributed by atoms with E-state index >= 15 is 0 Å². The van der Waals surface area contributed by atoms with E-state index in [4.69, 9.17) is 10.5 Å². The van der Waals surface area contributed by atoms with Crippen molar-refractivity contribution >= 4 is 27.7 Å². The first-order chi connectivity index (χ1) is 8.10. The Balaban J connectivity index is 2.03. The number of halogens is 1. The van der Waals surface area contributed by atoms with Crippen molar-refractivity contribution in [2.75, 3.05) is 18.5 Å². The van der Waals surface area contributed by atoms with Crippen LogP contribution in [0.15, 0.2) is 17.0 Å². The normalized spacial score (nSPS) is 18.7. The summed E-state index contributed by atoms with van der Waals surface area (Å²) >= 11 is 3.17. The summed E-state index contributed by atoms with van der Waals surface area (Å²) in [6, 6.07) is 0. The van der Waals surface area contributed by atoms with Crippen LogP contribution >= 0.6 is 15.9 Å². The minimum absolute atomic E-state index is 0.238. The molecule has 1 fully saturated rings. The lowest BCUT2D eigenvalue weighted by Gasteiger charge is -2.31. The topological polar surface area (TPSA) is 90.1 Å². The molecule has 6 nitrogen and oxygen atoms in total. The molecule has 1 aliphatic rings. The first kappa shape index (κ1) is 12.4. The molecule has 7 heteroatoms. The van der Waals surface area contributed by atoms with Gasteiger partial charge in [-0.3, -0.25) is 4.79 Å². The molecule has 1 saturated heterocycles. The molecular weight excluding hydrogens is 288 g/mol. The van der Waals surface area contributed by atoms with Gasteiger partial charge in [0.2, 0.25) is 5.91 Å². The third-order valence-corrected chi connectivity index (χ3v) is 3.11. The van der Waals surface area contributed by atoms with Gasteiger partial charge in [-0.05, 0) is 28.8 Å². The molecule has 2 rings (SSSR count). The van der Waals surface area contributed by atoms with Crippen molar-refractivity contribution in [2.45, 2.75) is 18.4 Å². The van der Waals surface area contributed by atoms with Crippen LogP contribution in [0.2, 0.25) is 0 Å². The molecule has 0 unspecified atom stereocenters. The van der Waals surface area contributed by atoms with Gasteiger partial charge in [0, 0.05) is 13.2 Å². The molecule has 1 amide bonds. The lowest BCUT2D eigenvalue weighted by atomic mass is 9.90. The van der Waals surface area contributed by atoms with Gasteiger partial charge in [-0.2, -0.15) is 0 Å². The molecule has 92 valence electrons. The van der Waals surface area contributed by atoms with E-state index in [9.17, 15) is 4.79 Å². The number of nitrogens with zero attached hydrogens (tertiary/aromatic N) is 2. The maximum atomic E-state index is 12.0. The van der Waals surface area contributed by atoms with E-state index in [1.54, 1.807) is 0 Å². The summed E-state index contributed by atoms with van der Waals surface area (Å²) in [5.74, 6) is 0.159. The fourth-order valence-electron chi connectivity index (χ4n) is 1.58. The van der Waals surface area contributed by atoms with Gasteiger partial charge in [0.15, 0.2) is 5.82 Å². The van der Waals surface area contributed by atoms with Crippen molar-refractivity contribution in [3.63, 3.8) is 0 Å². The van der Waals surface area contributed by atoms with Gasteiger partial charge in [-0.15, -0.1) is 0 Å². The zero-order chi connectivity index (χ0) is 12.3. The van der Waals surface area contributed by atoms with Crippen molar-refractivity contribution in [2.24, 2.45) is 5.73 Å². The average Bonchev–Trinajstić information content (AvgIpc) is 2.33. The number of amides is 1. The summed E-state index contributed by atoms with van der Waals surface area (Å²) in [5, 5.41) is 2.67. The Morgan fingerprint density at radius 3 is 2.71 bits per heavy atom. The number of rotatable bonds is 2. The van der Waals surface area contributed by atoms with Crippen LogP contribution < -0.4 is 11.1 Å². The molecule has 2 heterocycles. The smallest absolute Gasteiger partial charge is 0.245 e. The largest absolute Gasteiger partial charge is 0.381 e. The summed E-state index contributed by atoms with van der Waals surface area (Å²) in [5.41, 5.74) is 5.16. The van der Waals surface area contributed by atoms with Crippen molar-refractivity contribution in [3.05, 3.63) is 17.0 Å². The van der Waals surface area contributed by atoms with Gasteiger partial charge in [-0.1, -0.05) is 0 Å². The SMILES string of the molecule is NC1(C(=O)Nc2cnc(Br)cn2)CCOCC1. The fourth-order valence-corrected chi connectivity index (χ4v) is 1.79. The fraction of sp³-hybridized carbons (Fsp3) is 0.500. The van der Waals surface area contributed by atoms with E-state index < -0.39 is 5.54 Å². The molecule has 3 N–H and O–H groups in total. The van der Waals surface area contributed by atoms with Crippen LogP contribution in [-0.2, 0) is 9.53 Å². The summed E-state index contributed by atoms with van der Waals surface area (Å²) in [6.07, 6.45) is 4.03. The number of carbonyl (C=O) groups excluding carboxylic acids is 1. The number of hydrogen-bond acceptors (Lipinski definition) is 5. The third kappa shape index (κ3) is 2.99. The standard InChI is InChI=1S/C10H13BrN4O2/c11-7-5-14-8(6-13-7)15-9(16)10(12)1-3-17-4-2-10/h5-6H,1-4,12H2,(H,14,15,16).